The van der Waals surface area contributed by atoms with E-state index in [1.165, 1.54) is 10.8 Å². The average molecular weight is 349 g/mol. The van der Waals surface area contributed by atoms with Gasteiger partial charge in [-0.1, -0.05) is 28.9 Å². The van der Waals surface area contributed by atoms with Crippen molar-refractivity contribution < 1.29 is 4.52 Å². The fourth-order valence-corrected chi connectivity index (χ4v) is 2.81. The van der Waals surface area contributed by atoms with Gasteiger partial charge in [-0.2, -0.15) is 10.2 Å². The molecular formula is C18H15N5O3. The van der Waals surface area contributed by atoms with E-state index in [2.05, 4.69) is 10.1 Å². The minimum atomic E-state index is -0.648. The Kier molecular flexibility index (Phi) is 3.77. The summed E-state index contributed by atoms with van der Waals surface area (Å²) in [5.41, 5.74) is 0.652. The Morgan fingerprint density at radius 2 is 2.15 bits per heavy atom. The fraction of sp³-hybridized carbons (Fsp3) is 0.278. The SMILES string of the molecule is Cc1cccc(-c2noc(Cn3c(=O)c(C#N)cn(C4CC4)c3=O)n2)c1. The second kappa shape index (κ2) is 6.11. The van der Waals surface area contributed by atoms with Crippen LogP contribution < -0.4 is 11.2 Å². The highest BCUT2D eigenvalue weighted by Crippen LogP contribution is 2.33. The molecule has 3 aromatic rings. The van der Waals surface area contributed by atoms with Crippen LogP contribution in [0.4, 0.5) is 0 Å². The largest absolute Gasteiger partial charge is 0.337 e. The van der Waals surface area contributed by atoms with Crippen molar-refractivity contribution in [3.8, 4) is 17.5 Å². The van der Waals surface area contributed by atoms with Gasteiger partial charge < -0.3 is 4.52 Å². The Balaban J connectivity index is 1.72. The Bertz CT molecular complexity index is 1140. The minimum absolute atomic E-state index is 0.0481. The third-order valence-electron chi connectivity index (χ3n) is 4.29. The van der Waals surface area contributed by atoms with Crippen LogP contribution >= 0.6 is 0 Å². The van der Waals surface area contributed by atoms with E-state index in [0.29, 0.717) is 5.82 Å². The molecule has 1 saturated carbocycles. The molecule has 0 saturated heterocycles. The van der Waals surface area contributed by atoms with Crippen LogP contribution in [0, 0.1) is 18.3 Å². The lowest BCUT2D eigenvalue weighted by molar-refractivity contribution is 0.365. The van der Waals surface area contributed by atoms with Crippen LogP contribution in [-0.2, 0) is 6.54 Å². The Morgan fingerprint density at radius 3 is 2.85 bits per heavy atom. The van der Waals surface area contributed by atoms with Crippen LogP contribution in [0.3, 0.4) is 0 Å². The van der Waals surface area contributed by atoms with Gasteiger partial charge in [-0.15, -0.1) is 0 Å². The highest BCUT2D eigenvalue weighted by atomic mass is 16.5. The average Bonchev–Trinajstić information content (AvgIpc) is 3.36. The fourth-order valence-electron chi connectivity index (χ4n) is 2.81. The molecule has 0 radical (unpaired) electrons. The lowest BCUT2D eigenvalue weighted by atomic mass is 10.1. The Labute approximate surface area is 147 Å². The molecule has 2 heterocycles. The third kappa shape index (κ3) is 2.84. The van der Waals surface area contributed by atoms with E-state index in [1.54, 1.807) is 0 Å². The highest BCUT2D eigenvalue weighted by Gasteiger charge is 2.27. The van der Waals surface area contributed by atoms with E-state index in [-0.39, 0.29) is 24.0 Å². The quantitative estimate of drug-likeness (QED) is 0.708. The van der Waals surface area contributed by atoms with Crippen LogP contribution in [0.15, 0.2) is 44.6 Å². The van der Waals surface area contributed by atoms with Crippen molar-refractivity contribution in [3.63, 3.8) is 0 Å². The standard InChI is InChI=1S/C18H15N5O3/c1-11-3-2-4-12(7-11)16-20-15(26-21-16)10-23-17(24)13(8-19)9-22(18(23)25)14-5-6-14/h2-4,7,9,14H,5-6,10H2,1H3. The summed E-state index contributed by atoms with van der Waals surface area (Å²) in [4.78, 5) is 29.2. The summed E-state index contributed by atoms with van der Waals surface area (Å²) in [7, 11) is 0. The van der Waals surface area contributed by atoms with Gasteiger partial charge in [0.05, 0.1) is 0 Å². The second-order valence-corrected chi connectivity index (χ2v) is 6.35. The first-order chi connectivity index (χ1) is 12.6. The molecule has 2 aromatic heterocycles. The molecule has 4 rings (SSSR count). The van der Waals surface area contributed by atoms with Gasteiger partial charge in [-0.05, 0) is 25.8 Å². The van der Waals surface area contributed by atoms with Crippen molar-refractivity contribution in [2.24, 2.45) is 0 Å². The van der Waals surface area contributed by atoms with Gasteiger partial charge in [0, 0.05) is 17.8 Å². The molecule has 8 heteroatoms. The molecule has 1 aromatic carbocycles. The predicted molar refractivity (Wildman–Crippen MR) is 91.5 cm³/mol. The number of hydrogen-bond donors (Lipinski definition) is 0. The summed E-state index contributed by atoms with van der Waals surface area (Å²) in [6, 6.07) is 9.50. The zero-order chi connectivity index (χ0) is 18.3. The maximum absolute atomic E-state index is 12.6. The van der Waals surface area contributed by atoms with E-state index < -0.39 is 11.2 Å². The van der Waals surface area contributed by atoms with Crippen molar-refractivity contribution in [1.29, 1.82) is 5.26 Å². The van der Waals surface area contributed by atoms with Crippen LogP contribution in [0.1, 0.15) is 35.9 Å². The molecule has 1 aliphatic carbocycles. The molecule has 0 spiro atoms. The lowest BCUT2D eigenvalue weighted by Gasteiger charge is -2.08. The monoisotopic (exact) mass is 349 g/mol. The van der Waals surface area contributed by atoms with E-state index in [9.17, 15) is 14.9 Å². The van der Waals surface area contributed by atoms with Gasteiger partial charge in [0.2, 0.25) is 11.7 Å². The normalized spacial score (nSPS) is 13.5. The number of hydrogen-bond acceptors (Lipinski definition) is 6. The van der Waals surface area contributed by atoms with Gasteiger partial charge in [-0.25, -0.2) is 9.36 Å². The molecular weight excluding hydrogens is 334 g/mol. The molecule has 0 unspecified atom stereocenters. The van der Waals surface area contributed by atoms with E-state index in [1.807, 2.05) is 37.3 Å². The number of benzene rings is 1. The summed E-state index contributed by atoms with van der Waals surface area (Å²) in [6.07, 6.45) is 3.06. The molecule has 0 amide bonds. The van der Waals surface area contributed by atoms with Crippen LogP contribution in [0.5, 0.6) is 0 Å². The van der Waals surface area contributed by atoms with Crippen molar-refractivity contribution in [2.75, 3.05) is 0 Å². The first-order valence-electron chi connectivity index (χ1n) is 8.22. The van der Waals surface area contributed by atoms with Crippen molar-refractivity contribution in [1.82, 2.24) is 19.3 Å². The van der Waals surface area contributed by atoms with E-state index in [0.717, 1.165) is 28.5 Å². The Hall–Kier alpha value is -3.47. The predicted octanol–water partition coefficient (Wildman–Crippen LogP) is 1.62. The van der Waals surface area contributed by atoms with Crippen molar-refractivity contribution in [2.45, 2.75) is 32.4 Å². The summed E-state index contributed by atoms with van der Waals surface area (Å²) in [5.74, 6) is 0.522. The lowest BCUT2D eigenvalue weighted by Crippen LogP contribution is -2.41. The minimum Gasteiger partial charge on any atom is -0.337 e. The summed E-state index contributed by atoms with van der Waals surface area (Å²) < 4.78 is 7.63. The van der Waals surface area contributed by atoms with Gasteiger partial charge in [0.25, 0.3) is 5.56 Å². The molecule has 0 atom stereocenters. The molecule has 0 aliphatic heterocycles. The molecule has 26 heavy (non-hydrogen) atoms. The van der Waals surface area contributed by atoms with Crippen LogP contribution in [0.25, 0.3) is 11.4 Å². The molecule has 8 nitrogen and oxygen atoms in total. The highest BCUT2D eigenvalue weighted by molar-refractivity contribution is 5.55. The number of nitrogens with zero attached hydrogens (tertiary/aromatic N) is 5. The van der Waals surface area contributed by atoms with Gasteiger partial charge in [0.1, 0.15) is 18.2 Å². The van der Waals surface area contributed by atoms with Crippen LogP contribution in [-0.4, -0.2) is 19.3 Å². The Morgan fingerprint density at radius 1 is 1.35 bits per heavy atom. The molecule has 0 N–H and O–H groups in total. The number of nitriles is 1. The summed E-state index contributed by atoms with van der Waals surface area (Å²) in [6.45, 7) is 1.79. The van der Waals surface area contributed by atoms with Gasteiger partial charge in [0.15, 0.2) is 0 Å². The van der Waals surface area contributed by atoms with Gasteiger partial charge >= 0.3 is 5.69 Å². The molecule has 1 fully saturated rings. The third-order valence-corrected chi connectivity index (χ3v) is 4.29. The van der Waals surface area contributed by atoms with Crippen molar-refractivity contribution >= 4 is 0 Å². The first-order valence-corrected chi connectivity index (χ1v) is 8.22. The van der Waals surface area contributed by atoms with E-state index >= 15 is 0 Å². The van der Waals surface area contributed by atoms with Gasteiger partial charge in [-0.3, -0.25) is 9.36 Å². The van der Waals surface area contributed by atoms with E-state index in [4.69, 9.17) is 4.52 Å². The maximum Gasteiger partial charge on any atom is 0.331 e. The smallest absolute Gasteiger partial charge is 0.331 e. The summed E-state index contributed by atoms with van der Waals surface area (Å²) >= 11 is 0. The molecule has 1 aliphatic rings. The zero-order valence-electron chi connectivity index (χ0n) is 14.0. The second-order valence-electron chi connectivity index (χ2n) is 6.35. The molecule has 130 valence electrons. The number of aryl methyl sites for hydroxylation is 1. The van der Waals surface area contributed by atoms with Crippen molar-refractivity contribution in [3.05, 3.63) is 68.3 Å². The summed E-state index contributed by atoms with van der Waals surface area (Å²) in [5, 5.41) is 13.1. The number of aromatic nitrogens is 4. The first kappa shape index (κ1) is 16.0. The number of rotatable bonds is 4. The molecule has 0 bridgehead atoms. The van der Waals surface area contributed by atoms with Crippen LogP contribution in [0.2, 0.25) is 0 Å². The maximum atomic E-state index is 12.6. The topological polar surface area (TPSA) is 107 Å². The zero-order valence-corrected chi connectivity index (χ0v) is 14.0.